The topological polar surface area (TPSA) is 44.4 Å². The molecule has 2 saturated heterocycles. The van der Waals surface area contributed by atoms with Crippen LogP contribution in [0.3, 0.4) is 0 Å². The summed E-state index contributed by atoms with van der Waals surface area (Å²) < 4.78 is 0. The Kier molecular flexibility index (Phi) is 2.74. The smallest absolute Gasteiger partial charge is 0.228 e. The van der Waals surface area contributed by atoms with E-state index in [-0.39, 0.29) is 5.92 Å². The van der Waals surface area contributed by atoms with Gasteiger partial charge in [-0.1, -0.05) is 0 Å². The van der Waals surface area contributed by atoms with Crippen molar-refractivity contribution in [1.29, 1.82) is 0 Å². The molecule has 2 fully saturated rings. The second-order valence-corrected chi connectivity index (χ2v) is 4.57. The fraction of sp³-hybridized carbons (Fsp3) is 0.900. The Bertz CT molecular complexity index is 217. The van der Waals surface area contributed by atoms with Crippen LogP contribution in [-0.2, 0) is 4.79 Å². The highest BCUT2D eigenvalue weighted by Crippen LogP contribution is 2.12. The molecule has 14 heavy (non-hydrogen) atoms. The summed E-state index contributed by atoms with van der Waals surface area (Å²) in [6, 6.07) is 0.853. The highest BCUT2D eigenvalue weighted by atomic mass is 16.2. The van der Waals surface area contributed by atoms with Crippen LogP contribution in [0.5, 0.6) is 0 Å². The molecule has 2 N–H and O–H groups in total. The van der Waals surface area contributed by atoms with E-state index in [0.717, 1.165) is 26.2 Å². The first-order chi connectivity index (χ1) is 6.66. The number of nitrogens with zero attached hydrogens (tertiary/aromatic N) is 1. The molecule has 4 nitrogen and oxygen atoms in total. The van der Waals surface area contributed by atoms with Gasteiger partial charge in [0, 0.05) is 38.3 Å². The normalized spacial score (nSPS) is 34.0. The van der Waals surface area contributed by atoms with Crippen LogP contribution >= 0.6 is 0 Å². The third kappa shape index (κ3) is 1.91. The van der Waals surface area contributed by atoms with E-state index in [1.165, 1.54) is 0 Å². The quantitative estimate of drug-likeness (QED) is 0.591. The molecular weight excluding hydrogens is 178 g/mol. The van der Waals surface area contributed by atoms with Gasteiger partial charge < -0.3 is 15.5 Å². The van der Waals surface area contributed by atoms with Gasteiger partial charge in [-0.3, -0.25) is 4.79 Å². The fourth-order valence-electron chi connectivity index (χ4n) is 2.23. The van der Waals surface area contributed by atoms with Gasteiger partial charge in [0.1, 0.15) is 0 Å². The average Bonchev–Trinajstić information content (AvgIpc) is 1.98. The van der Waals surface area contributed by atoms with Crippen LogP contribution in [0, 0.1) is 5.92 Å². The zero-order chi connectivity index (χ0) is 10.1. The van der Waals surface area contributed by atoms with E-state index in [1.807, 2.05) is 4.90 Å². The van der Waals surface area contributed by atoms with Crippen LogP contribution < -0.4 is 10.6 Å². The molecule has 0 saturated carbocycles. The molecule has 0 bridgehead atoms. The van der Waals surface area contributed by atoms with E-state index in [2.05, 4.69) is 24.5 Å². The SMILES string of the molecule is CC1CN(C(=O)C2CNC2)CC(C)N1. The van der Waals surface area contributed by atoms with Crippen molar-refractivity contribution in [3.8, 4) is 0 Å². The number of piperazine rings is 1. The summed E-state index contributed by atoms with van der Waals surface area (Å²) >= 11 is 0. The molecule has 2 unspecified atom stereocenters. The van der Waals surface area contributed by atoms with Crippen LogP contribution in [0.2, 0.25) is 0 Å². The Morgan fingerprint density at radius 1 is 1.21 bits per heavy atom. The van der Waals surface area contributed by atoms with Gasteiger partial charge in [0.2, 0.25) is 5.91 Å². The number of nitrogens with one attached hydrogen (secondary N) is 2. The van der Waals surface area contributed by atoms with Crippen LogP contribution in [0.15, 0.2) is 0 Å². The molecule has 2 aliphatic rings. The fourth-order valence-corrected chi connectivity index (χ4v) is 2.23. The summed E-state index contributed by atoms with van der Waals surface area (Å²) in [7, 11) is 0. The van der Waals surface area contributed by atoms with Gasteiger partial charge in [-0.15, -0.1) is 0 Å². The molecule has 2 atom stereocenters. The molecule has 2 rings (SSSR count). The monoisotopic (exact) mass is 197 g/mol. The first-order valence-corrected chi connectivity index (χ1v) is 5.42. The molecule has 0 aromatic rings. The Balaban J connectivity index is 1.92. The van der Waals surface area contributed by atoms with Crippen molar-refractivity contribution in [2.24, 2.45) is 5.92 Å². The number of hydrogen-bond acceptors (Lipinski definition) is 3. The lowest BCUT2D eigenvalue weighted by Crippen LogP contribution is -2.60. The molecule has 0 radical (unpaired) electrons. The third-order valence-electron chi connectivity index (χ3n) is 3.00. The van der Waals surface area contributed by atoms with Crippen LogP contribution in [0.1, 0.15) is 13.8 Å². The minimum absolute atomic E-state index is 0.243. The van der Waals surface area contributed by atoms with E-state index >= 15 is 0 Å². The lowest BCUT2D eigenvalue weighted by Gasteiger charge is -2.39. The van der Waals surface area contributed by atoms with Crippen LogP contribution in [0.25, 0.3) is 0 Å². The first kappa shape index (κ1) is 9.93. The molecule has 2 aliphatic heterocycles. The Morgan fingerprint density at radius 3 is 2.21 bits per heavy atom. The van der Waals surface area contributed by atoms with Gasteiger partial charge in [-0.25, -0.2) is 0 Å². The van der Waals surface area contributed by atoms with Gasteiger partial charge in [0.05, 0.1) is 5.92 Å². The van der Waals surface area contributed by atoms with E-state index in [1.54, 1.807) is 0 Å². The minimum Gasteiger partial charge on any atom is -0.339 e. The summed E-state index contributed by atoms with van der Waals surface area (Å²) in [5.41, 5.74) is 0. The number of carbonyl (C=O) groups excluding carboxylic acids is 1. The van der Waals surface area contributed by atoms with E-state index in [0.29, 0.717) is 18.0 Å². The van der Waals surface area contributed by atoms with Crippen molar-refractivity contribution < 1.29 is 4.79 Å². The molecule has 0 spiro atoms. The zero-order valence-electron chi connectivity index (χ0n) is 8.92. The molecule has 0 aromatic heterocycles. The lowest BCUT2D eigenvalue weighted by molar-refractivity contribution is -0.138. The van der Waals surface area contributed by atoms with Gasteiger partial charge >= 0.3 is 0 Å². The highest BCUT2D eigenvalue weighted by Gasteiger charge is 2.32. The van der Waals surface area contributed by atoms with Crippen molar-refractivity contribution in [3.63, 3.8) is 0 Å². The second-order valence-electron chi connectivity index (χ2n) is 4.57. The molecule has 1 amide bonds. The standard InChI is InChI=1S/C10H19N3O/c1-7-5-13(6-8(2)12-7)10(14)9-3-11-4-9/h7-9,11-12H,3-6H2,1-2H3. The molecular formula is C10H19N3O. The predicted octanol–water partition coefficient (Wildman–Crippen LogP) is -0.585. The third-order valence-corrected chi connectivity index (χ3v) is 3.00. The Morgan fingerprint density at radius 2 is 1.79 bits per heavy atom. The van der Waals surface area contributed by atoms with E-state index < -0.39 is 0 Å². The van der Waals surface area contributed by atoms with Crippen molar-refractivity contribution in [2.45, 2.75) is 25.9 Å². The number of amides is 1. The molecule has 2 heterocycles. The summed E-state index contributed by atoms with van der Waals surface area (Å²) in [6.07, 6.45) is 0. The molecule has 80 valence electrons. The maximum atomic E-state index is 11.9. The van der Waals surface area contributed by atoms with Gasteiger partial charge in [0.25, 0.3) is 0 Å². The number of carbonyl (C=O) groups is 1. The summed E-state index contributed by atoms with van der Waals surface area (Å²) in [4.78, 5) is 13.9. The predicted molar refractivity (Wildman–Crippen MR) is 55.0 cm³/mol. The summed E-state index contributed by atoms with van der Waals surface area (Å²) in [6.45, 7) is 7.72. The van der Waals surface area contributed by atoms with Gasteiger partial charge in [0.15, 0.2) is 0 Å². The van der Waals surface area contributed by atoms with Crippen LogP contribution in [-0.4, -0.2) is 49.1 Å². The number of hydrogen-bond donors (Lipinski definition) is 2. The summed E-state index contributed by atoms with van der Waals surface area (Å²) in [5.74, 6) is 0.580. The zero-order valence-corrected chi connectivity index (χ0v) is 8.92. The van der Waals surface area contributed by atoms with Crippen molar-refractivity contribution in [2.75, 3.05) is 26.2 Å². The second kappa shape index (κ2) is 3.87. The largest absolute Gasteiger partial charge is 0.339 e. The maximum Gasteiger partial charge on any atom is 0.228 e. The van der Waals surface area contributed by atoms with E-state index in [9.17, 15) is 4.79 Å². The van der Waals surface area contributed by atoms with Crippen LogP contribution in [0.4, 0.5) is 0 Å². The van der Waals surface area contributed by atoms with Gasteiger partial charge in [-0.05, 0) is 13.8 Å². The number of rotatable bonds is 1. The highest BCUT2D eigenvalue weighted by molar-refractivity contribution is 5.80. The van der Waals surface area contributed by atoms with E-state index in [4.69, 9.17) is 0 Å². The molecule has 0 aromatic carbocycles. The average molecular weight is 197 g/mol. The molecule has 4 heteroatoms. The van der Waals surface area contributed by atoms with Gasteiger partial charge in [-0.2, -0.15) is 0 Å². The maximum absolute atomic E-state index is 11.9. The van der Waals surface area contributed by atoms with Crippen molar-refractivity contribution >= 4 is 5.91 Å². The Labute approximate surface area is 85.0 Å². The minimum atomic E-state index is 0.243. The van der Waals surface area contributed by atoms with Crippen molar-refractivity contribution in [1.82, 2.24) is 15.5 Å². The Hall–Kier alpha value is -0.610. The summed E-state index contributed by atoms with van der Waals surface area (Å²) in [5, 5.41) is 6.57. The lowest BCUT2D eigenvalue weighted by atomic mass is 10.00. The van der Waals surface area contributed by atoms with Crippen molar-refractivity contribution in [3.05, 3.63) is 0 Å². The first-order valence-electron chi connectivity index (χ1n) is 5.42. The molecule has 0 aliphatic carbocycles.